The molecule has 0 radical (unpaired) electrons. The van der Waals surface area contributed by atoms with Gasteiger partial charge in [-0.2, -0.15) is 0 Å². The zero-order valence-corrected chi connectivity index (χ0v) is 17.1. The fraction of sp³-hybridized carbons (Fsp3) is 0.167. The predicted octanol–water partition coefficient (Wildman–Crippen LogP) is 5.05. The number of aryl methyl sites for hydroxylation is 2. The van der Waals surface area contributed by atoms with Gasteiger partial charge in [-0.25, -0.2) is 15.0 Å². The molecule has 0 aliphatic carbocycles. The van der Waals surface area contributed by atoms with E-state index in [4.69, 9.17) is 14.7 Å². The lowest BCUT2D eigenvalue weighted by Crippen LogP contribution is -2.03. The summed E-state index contributed by atoms with van der Waals surface area (Å²) >= 11 is 0. The van der Waals surface area contributed by atoms with Gasteiger partial charge in [0.05, 0.1) is 23.2 Å². The summed E-state index contributed by atoms with van der Waals surface area (Å²) in [4.78, 5) is 18.6. The molecule has 148 valence electrons. The molecule has 0 aliphatic heterocycles. The van der Waals surface area contributed by atoms with Crippen molar-refractivity contribution >= 4 is 21.9 Å². The van der Waals surface area contributed by atoms with Crippen LogP contribution in [0.4, 0.5) is 0 Å². The second kappa shape index (κ2) is 7.22. The number of benzene rings is 2. The average Bonchev–Trinajstić information content (AvgIpc) is 3.16. The summed E-state index contributed by atoms with van der Waals surface area (Å²) in [6.07, 6.45) is 5.35. The summed E-state index contributed by atoms with van der Waals surface area (Å²) in [7, 11) is 0. The molecule has 0 spiro atoms. The van der Waals surface area contributed by atoms with Crippen LogP contribution in [0.5, 0.6) is 5.75 Å². The first-order valence-electron chi connectivity index (χ1n) is 9.93. The molecule has 0 bridgehead atoms. The molecular formula is C24H21N5O. The highest BCUT2D eigenvalue weighted by Gasteiger charge is 2.15. The standard InChI is InChI=1S/C24H21N5O/c1-4-30-18-7-8-20-19(12-18)24(28-23(27-20)17-6-5-9-25-13-17)29-14-26-21-10-15(2)16(3)11-22(21)29/h5-14H,4H2,1-3H3. The van der Waals surface area contributed by atoms with Crippen molar-refractivity contribution in [2.24, 2.45) is 0 Å². The normalized spacial score (nSPS) is 11.3. The molecule has 0 amide bonds. The van der Waals surface area contributed by atoms with Crippen LogP contribution < -0.4 is 4.74 Å². The highest BCUT2D eigenvalue weighted by atomic mass is 16.5. The molecule has 0 unspecified atom stereocenters. The SMILES string of the molecule is CCOc1ccc2nc(-c3cccnc3)nc(-n3cnc4cc(C)c(C)cc43)c2c1. The van der Waals surface area contributed by atoms with Gasteiger partial charge in [-0.3, -0.25) is 9.55 Å². The summed E-state index contributed by atoms with van der Waals surface area (Å²) < 4.78 is 7.76. The van der Waals surface area contributed by atoms with Gasteiger partial charge >= 0.3 is 0 Å². The second-order valence-corrected chi connectivity index (χ2v) is 7.26. The summed E-state index contributed by atoms with van der Waals surface area (Å²) in [5.74, 6) is 2.19. The second-order valence-electron chi connectivity index (χ2n) is 7.26. The van der Waals surface area contributed by atoms with Crippen molar-refractivity contribution in [3.63, 3.8) is 0 Å². The van der Waals surface area contributed by atoms with Crippen molar-refractivity contribution in [1.82, 2.24) is 24.5 Å². The molecule has 0 saturated heterocycles. The molecule has 2 aromatic carbocycles. The number of hydrogen-bond donors (Lipinski definition) is 0. The van der Waals surface area contributed by atoms with Crippen LogP contribution >= 0.6 is 0 Å². The van der Waals surface area contributed by atoms with Gasteiger partial charge in [0.2, 0.25) is 0 Å². The largest absolute Gasteiger partial charge is 0.494 e. The van der Waals surface area contributed by atoms with Crippen LogP contribution in [-0.2, 0) is 0 Å². The Bertz CT molecular complexity index is 1380. The van der Waals surface area contributed by atoms with E-state index in [9.17, 15) is 0 Å². The minimum absolute atomic E-state index is 0.599. The Balaban J connectivity index is 1.82. The van der Waals surface area contributed by atoms with E-state index in [0.29, 0.717) is 12.4 Å². The Morgan fingerprint density at radius 1 is 0.967 bits per heavy atom. The lowest BCUT2D eigenvalue weighted by atomic mass is 10.1. The number of pyridine rings is 1. The van der Waals surface area contributed by atoms with E-state index in [1.54, 1.807) is 12.4 Å². The Kier molecular flexibility index (Phi) is 4.39. The number of fused-ring (bicyclic) bond motifs is 2. The molecule has 0 aliphatic rings. The minimum Gasteiger partial charge on any atom is -0.494 e. The van der Waals surface area contributed by atoms with Gasteiger partial charge in [0.15, 0.2) is 11.6 Å². The van der Waals surface area contributed by atoms with E-state index in [0.717, 1.165) is 39.1 Å². The third-order valence-electron chi connectivity index (χ3n) is 5.27. The number of rotatable bonds is 4. The fourth-order valence-electron chi connectivity index (χ4n) is 3.59. The van der Waals surface area contributed by atoms with E-state index in [1.807, 2.05) is 48.1 Å². The van der Waals surface area contributed by atoms with Crippen LogP contribution in [-0.4, -0.2) is 31.1 Å². The number of hydrogen-bond acceptors (Lipinski definition) is 5. The Hall–Kier alpha value is -3.80. The van der Waals surface area contributed by atoms with Crippen molar-refractivity contribution in [1.29, 1.82) is 0 Å². The summed E-state index contributed by atoms with van der Waals surface area (Å²) in [5, 5.41) is 0.908. The van der Waals surface area contributed by atoms with Crippen LogP contribution in [0, 0.1) is 13.8 Å². The molecule has 3 heterocycles. The lowest BCUT2D eigenvalue weighted by molar-refractivity contribution is 0.340. The third-order valence-corrected chi connectivity index (χ3v) is 5.27. The molecule has 0 N–H and O–H groups in total. The van der Waals surface area contributed by atoms with Crippen LogP contribution in [0.15, 0.2) is 61.2 Å². The molecule has 3 aromatic heterocycles. The molecule has 6 nitrogen and oxygen atoms in total. The monoisotopic (exact) mass is 395 g/mol. The van der Waals surface area contributed by atoms with E-state index in [2.05, 4.69) is 35.9 Å². The molecule has 5 rings (SSSR count). The lowest BCUT2D eigenvalue weighted by Gasteiger charge is -2.12. The zero-order valence-electron chi connectivity index (χ0n) is 17.1. The number of nitrogens with zero attached hydrogens (tertiary/aromatic N) is 5. The maximum absolute atomic E-state index is 5.73. The first kappa shape index (κ1) is 18.2. The van der Waals surface area contributed by atoms with E-state index < -0.39 is 0 Å². The third kappa shape index (κ3) is 3.06. The van der Waals surface area contributed by atoms with Crippen LogP contribution in [0.25, 0.3) is 39.1 Å². The van der Waals surface area contributed by atoms with Gasteiger partial charge in [0.25, 0.3) is 0 Å². The number of ether oxygens (including phenoxy) is 1. The van der Waals surface area contributed by atoms with Crippen molar-refractivity contribution in [2.45, 2.75) is 20.8 Å². The fourth-order valence-corrected chi connectivity index (χ4v) is 3.59. The molecular weight excluding hydrogens is 374 g/mol. The van der Waals surface area contributed by atoms with Crippen LogP contribution in [0.3, 0.4) is 0 Å². The maximum Gasteiger partial charge on any atom is 0.163 e. The van der Waals surface area contributed by atoms with Crippen molar-refractivity contribution in [3.05, 3.63) is 72.3 Å². The van der Waals surface area contributed by atoms with Crippen LogP contribution in [0.1, 0.15) is 18.1 Å². The van der Waals surface area contributed by atoms with E-state index >= 15 is 0 Å². The van der Waals surface area contributed by atoms with Gasteiger partial charge in [-0.05, 0) is 74.4 Å². The van der Waals surface area contributed by atoms with Gasteiger partial charge < -0.3 is 4.74 Å². The van der Waals surface area contributed by atoms with E-state index in [1.165, 1.54) is 11.1 Å². The first-order chi connectivity index (χ1) is 14.6. The average molecular weight is 395 g/mol. The Labute approximate surface area is 174 Å². The minimum atomic E-state index is 0.599. The highest BCUT2D eigenvalue weighted by molar-refractivity contribution is 5.91. The van der Waals surface area contributed by atoms with Gasteiger partial charge in [0, 0.05) is 23.3 Å². The van der Waals surface area contributed by atoms with Gasteiger partial charge in [-0.1, -0.05) is 0 Å². The Morgan fingerprint density at radius 2 is 1.83 bits per heavy atom. The molecule has 0 atom stereocenters. The quantitative estimate of drug-likeness (QED) is 0.426. The smallest absolute Gasteiger partial charge is 0.163 e. The predicted molar refractivity (Wildman–Crippen MR) is 118 cm³/mol. The summed E-state index contributed by atoms with van der Waals surface area (Å²) in [6.45, 7) is 6.78. The molecule has 30 heavy (non-hydrogen) atoms. The van der Waals surface area contributed by atoms with Crippen molar-refractivity contribution in [3.8, 4) is 23.0 Å². The van der Waals surface area contributed by atoms with Crippen molar-refractivity contribution in [2.75, 3.05) is 6.61 Å². The van der Waals surface area contributed by atoms with Crippen molar-refractivity contribution < 1.29 is 4.74 Å². The first-order valence-corrected chi connectivity index (χ1v) is 9.93. The van der Waals surface area contributed by atoms with Crippen LogP contribution in [0.2, 0.25) is 0 Å². The topological polar surface area (TPSA) is 65.7 Å². The van der Waals surface area contributed by atoms with Gasteiger partial charge in [0.1, 0.15) is 12.1 Å². The van der Waals surface area contributed by atoms with Gasteiger partial charge in [-0.15, -0.1) is 0 Å². The summed E-state index contributed by atoms with van der Waals surface area (Å²) in [5.41, 5.74) is 6.09. The summed E-state index contributed by atoms with van der Waals surface area (Å²) in [6, 6.07) is 14.0. The molecule has 0 saturated carbocycles. The number of aromatic nitrogens is 5. The molecule has 0 fully saturated rings. The molecule has 6 heteroatoms. The molecule has 5 aromatic rings. The van der Waals surface area contributed by atoms with E-state index in [-0.39, 0.29) is 0 Å². The maximum atomic E-state index is 5.73. The highest BCUT2D eigenvalue weighted by Crippen LogP contribution is 2.30. The number of imidazole rings is 1. The Morgan fingerprint density at radius 3 is 2.63 bits per heavy atom. The zero-order chi connectivity index (χ0) is 20.7.